The minimum Gasteiger partial charge on any atom is -0.459 e. The molecule has 2 aliphatic carbocycles. The predicted octanol–water partition coefficient (Wildman–Crippen LogP) is 2.57. The topological polar surface area (TPSA) is 50.9 Å². The van der Waals surface area contributed by atoms with E-state index in [1.165, 1.54) is 18.4 Å². The van der Waals surface area contributed by atoms with E-state index in [9.17, 15) is 4.79 Å². The third-order valence-electron chi connectivity index (χ3n) is 5.94. The van der Waals surface area contributed by atoms with Crippen LogP contribution in [0.3, 0.4) is 0 Å². The molecule has 4 aliphatic rings. The van der Waals surface area contributed by atoms with Gasteiger partial charge in [0.1, 0.15) is 12.2 Å². The smallest absolute Gasteiger partial charge is 0.311 e. The molecule has 0 aromatic rings. The van der Waals surface area contributed by atoms with E-state index in [0.29, 0.717) is 12.0 Å². The van der Waals surface area contributed by atoms with Gasteiger partial charge in [-0.1, -0.05) is 11.6 Å². The number of fused-ring (bicyclic) bond motifs is 3. The maximum Gasteiger partial charge on any atom is 0.311 e. The molecule has 0 aromatic carbocycles. The minimum absolute atomic E-state index is 0.00581. The van der Waals surface area contributed by atoms with E-state index < -0.39 is 0 Å². The number of hydrogen-bond acceptors (Lipinski definition) is 4. The van der Waals surface area contributed by atoms with Crippen LogP contribution in [0.15, 0.2) is 11.6 Å². The van der Waals surface area contributed by atoms with Gasteiger partial charge >= 0.3 is 5.97 Å². The highest BCUT2D eigenvalue weighted by Gasteiger charge is 2.62. The molecule has 3 fully saturated rings. The van der Waals surface area contributed by atoms with Crippen LogP contribution in [0.25, 0.3) is 0 Å². The summed E-state index contributed by atoms with van der Waals surface area (Å²) in [6.07, 6.45) is 9.13. The second kappa shape index (κ2) is 5.34. The maximum absolute atomic E-state index is 12.4. The van der Waals surface area contributed by atoms with Crippen LogP contribution in [-0.2, 0) is 14.3 Å². The zero-order valence-electron chi connectivity index (χ0n) is 13.6. The van der Waals surface area contributed by atoms with Crippen LogP contribution >= 0.6 is 0 Å². The molecule has 0 unspecified atom stereocenters. The second-order valence-electron chi connectivity index (χ2n) is 7.83. The van der Waals surface area contributed by atoms with Gasteiger partial charge in [-0.25, -0.2) is 0 Å². The summed E-state index contributed by atoms with van der Waals surface area (Å²) in [5.74, 6) is 0.292. The first-order chi connectivity index (χ1) is 10.6. The minimum atomic E-state index is -0.0872. The highest BCUT2D eigenvalue weighted by molar-refractivity contribution is 5.75. The highest BCUT2D eigenvalue weighted by Crippen LogP contribution is 2.50. The van der Waals surface area contributed by atoms with E-state index in [2.05, 4.69) is 25.2 Å². The first-order valence-corrected chi connectivity index (χ1v) is 8.84. The van der Waals surface area contributed by atoms with Gasteiger partial charge < -0.3 is 14.8 Å². The highest BCUT2D eigenvalue weighted by atomic mass is 16.6. The zero-order chi connectivity index (χ0) is 15.3. The summed E-state index contributed by atoms with van der Waals surface area (Å²) in [5, 5.41) is 3.52. The number of carbonyl (C=O) groups excluding carboxylic acids is 1. The van der Waals surface area contributed by atoms with E-state index in [1.807, 2.05) is 0 Å². The summed E-state index contributed by atoms with van der Waals surface area (Å²) in [7, 11) is 0. The average molecular weight is 305 g/mol. The Hall–Kier alpha value is -0.870. The summed E-state index contributed by atoms with van der Waals surface area (Å²) < 4.78 is 11.8. The molecule has 1 N–H and O–H groups in total. The van der Waals surface area contributed by atoms with Gasteiger partial charge in [0.2, 0.25) is 0 Å². The molecule has 2 saturated heterocycles. The Balaban J connectivity index is 1.52. The fourth-order valence-corrected chi connectivity index (χ4v) is 4.15. The Morgan fingerprint density at radius 1 is 1.36 bits per heavy atom. The molecule has 22 heavy (non-hydrogen) atoms. The first-order valence-electron chi connectivity index (χ1n) is 8.84. The fourth-order valence-electron chi connectivity index (χ4n) is 4.15. The van der Waals surface area contributed by atoms with Crippen molar-refractivity contribution in [1.29, 1.82) is 0 Å². The Morgan fingerprint density at radius 3 is 2.95 bits per heavy atom. The van der Waals surface area contributed by atoms with Crippen molar-refractivity contribution in [1.82, 2.24) is 5.32 Å². The van der Waals surface area contributed by atoms with Gasteiger partial charge in [0.25, 0.3) is 0 Å². The van der Waals surface area contributed by atoms with E-state index in [4.69, 9.17) is 9.47 Å². The Labute approximate surface area is 132 Å². The van der Waals surface area contributed by atoms with Crippen LogP contribution < -0.4 is 5.32 Å². The van der Waals surface area contributed by atoms with Gasteiger partial charge in [-0.3, -0.25) is 4.79 Å². The molecule has 1 saturated carbocycles. The predicted molar refractivity (Wildman–Crippen MR) is 83.4 cm³/mol. The van der Waals surface area contributed by atoms with Gasteiger partial charge in [0, 0.05) is 18.5 Å². The van der Waals surface area contributed by atoms with Crippen LogP contribution in [0.4, 0.5) is 0 Å². The zero-order valence-corrected chi connectivity index (χ0v) is 13.6. The van der Waals surface area contributed by atoms with Crippen molar-refractivity contribution in [3.05, 3.63) is 11.6 Å². The van der Waals surface area contributed by atoms with E-state index in [1.54, 1.807) is 0 Å². The van der Waals surface area contributed by atoms with Crippen molar-refractivity contribution in [3.63, 3.8) is 0 Å². The van der Waals surface area contributed by atoms with Crippen molar-refractivity contribution in [2.24, 2.45) is 11.8 Å². The average Bonchev–Trinajstić information content (AvgIpc) is 3.37. The van der Waals surface area contributed by atoms with Crippen LogP contribution in [0.5, 0.6) is 0 Å². The number of allylic oxidation sites excluding steroid dienone is 2. The van der Waals surface area contributed by atoms with Crippen LogP contribution in [0.2, 0.25) is 0 Å². The van der Waals surface area contributed by atoms with Gasteiger partial charge in [0.15, 0.2) is 0 Å². The lowest BCUT2D eigenvalue weighted by Gasteiger charge is -2.22. The Bertz CT molecular complexity index is 499. The monoisotopic (exact) mass is 305 g/mol. The lowest BCUT2D eigenvalue weighted by atomic mass is 9.80. The number of esters is 1. The van der Waals surface area contributed by atoms with Gasteiger partial charge in [-0.05, 0) is 52.4 Å². The molecule has 0 amide bonds. The van der Waals surface area contributed by atoms with E-state index in [-0.39, 0.29) is 29.7 Å². The third kappa shape index (κ3) is 2.71. The molecule has 0 radical (unpaired) electrons. The summed E-state index contributed by atoms with van der Waals surface area (Å²) in [4.78, 5) is 12.4. The summed E-state index contributed by atoms with van der Waals surface area (Å²) in [5.41, 5.74) is 1.35. The number of rotatable bonds is 3. The first kappa shape index (κ1) is 14.7. The molecule has 4 rings (SSSR count). The van der Waals surface area contributed by atoms with Crippen LogP contribution in [-0.4, -0.2) is 36.4 Å². The summed E-state index contributed by atoms with van der Waals surface area (Å²) >= 11 is 0. The number of epoxide rings is 1. The Morgan fingerprint density at radius 2 is 2.18 bits per heavy atom. The molecule has 122 valence electrons. The molecule has 5 atom stereocenters. The standard InChI is InChI=1S/C18H27NO3/c1-11-4-3-9-18(2)16(22-18)15-13(8-5-11)14(17(20)21-15)10-19-12-6-7-12/h4,12-16,19H,3,5-10H2,1-2H3/b11-4+/t13-,14-,15-,16-,18+/m0/s1. The number of ether oxygens (including phenoxy) is 2. The second-order valence-corrected chi connectivity index (χ2v) is 7.83. The molecule has 4 heteroatoms. The van der Waals surface area contributed by atoms with Gasteiger partial charge in [0.05, 0.1) is 11.5 Å². The van der Waals surface area contributed by atoms with Crippen LogP contribution in [0, 0.1) is 11.8 Å². The van der Waals surface area contributed by atoms with Crippen molar-refractivity contribution in [2.75, 3.05) is 6.54 Å². The number of hydrogen-bond donors (Lipinski definition) is 1. The molecule has 4 nitrogen and oxygen atoms in total. The van der Waals surface area contributed by atoms with Crippen LogP contribution in [0.1, 0.15) is 52.4 Å². The molecule has 0 bridgehead atoms. The quantitative estimate of drug-likeness (QED) is 0.495. The van der Waals surface area contributed by atoms with Crippen molar-refractivity contribution < 1.29 is 14.3 Å². The summed E-state index contributed by atoms with van der Waals surface area (Å²) in [6.45, 7) is 5.15. The molecule has 2 aliphatic heterocycles. The molecule has 0 aromatic heterocycles. The maximum atomic E-state index is 12.4. The fraction of sp³-hybridized carbons (Fsp3) is 0.833. The van der Waals surface area contributed by atoms with Crippen molar-refractivity contribution in [3.8, 4) is 0 Å². The van der Waals surface area contributed by atoms with Crippen molar-refractivity contribution >= 4 is 5.97 Å². The lowest BCUT2D eigenvalue weighted by Crippen LogP contribution is -2.35. The Kier molecular flexibility index (Phi) is 3.57. The van der Waals surface area contributed by atoms with Gasteiger partial charge in [-0.15, -0.1) is 0 Å². The number of carbonyl (C=O) groups is 1. The van der Waals surface area contributed by atoms with E-state index in [0.717, 1.165) is 32.2 Å². The number of nitrogens with one attached hydrogen (secondary N) is 1. The molecule has 2 heterocycles. The lowest BCUT2D eigenvalue weighted by molar-refractivity contribution is -0.144. The molecular weight excluding hydrogens is 278 g/mol. The van der Waals surface area contributed by atoms with E-state index >= 15 is 0 Å². The molecular formula is C18H27NO3. The molecule has 0 spiro atoms. The van der Waals surface area contributed by atoms with Gasteiger partial charge in [-0.2, -0.15) is 0 Å². The van der Waals surface area contributed by atoms with Crippen molar-refractivity contribution in [2.45, 2.75) is 76.2 Å². The normalized spacial score (nSPS) is 47.0. The SMILES string of the molecule is C/C1=C\CC[C@@]2(C)O[C@H]2[C@H]2OC(=O)[C@@H](CNC3CC3)[C@@H]2CC1. The summed E-state index contributed by atoms with van der Waals surface area (Å²) in [6, 6.07) is 0.635. The third-order valence-corrected chi connectivity index (χ3v) is 5.94. The largest absolute Gasteiger partial charge is 0.459 e.